The van der Waals surface area contributed by atoms with Crippen LogP contribution in [0, 0.1) is 5.92 Å². The maximum absolute atomic E-state index is 13.1. The first kappa shape index (κ1) is 17.0. The molecule has 3 aliphatic rings. The van der Waals surface area contributed by atoms with E-state index in [1.54, 1.807) is 6.20 Å². The SMILES string of the molecule is Cn1ccnc1[C@@H]1OCC[C@H]1C(=O)N1CCN(C2CCCCC2)CC1. The highest BCUT2D eigenvalue weighted by atomic mass is 16.5. The summed E-state index contributed by atoms with van der Waals surface area (Å²) in [4.78, 5) is 22.2. The summed E-state index contributed by atoms with van der Waals surface area (Å²) >= 11 is 0. The van der Waals surface area contributed by atoms with Crippen molar-refractivity contribution >= 4 is 5.91 Å². The number of imidazole rings is 1. The smallest absolute Gasteiger partial charge is 0.228 e. The maximum Gasteiger partial charge on any atom is 0.228 e. The van der Waals surface area contributed by atoms with E-state index in [0.717, 1.165) is 44.5 Å². The summed E-state index contributed by atoms with van der Waals surface area (Å²) in [6, 6.07) is 0.751. The second-order valence-corrected chi connectivity index (χ2v) is 7.74. The van der Waals surface area contributed by atoms with Crippen molar-refractivity contribution in [1.82, 2.24) is 19.4 Å². The third kappa shape index (κ3) is 3.47. The van der Waals surface area contributed by atoms with Gasteiger partial charge in [-0.25, -0.2) is 4.98 Å². The molecule has 0 N–H and O–H groups in total. The van der Waals surface area contributed by atoms with E-state index in [-0.39, 0.29) is 17.9 Å². The molecule has 1 aliphatic carbocycles. The number of nitrogens with zero attached hydrogens (tertiary/aromatic N) is 4. The Hall–Kier alpha value is -1.40. The van der Waals surface area contributed by atoms with Crippen LogP contribution in [-0.2, 0) is 16.6 Å². The van der Waals surface area contributed by atoms with Crippen LogP contribution >= 0.6 is 0 Å². The average Bonchev–Trinajstić information content (AvgIpc) is 3.30. The highest BCUT2D eigenvalue weighted by Crippen LogP contribution is 2.35. The van der Waals surface area contributed by atoms with Crippen molar-refractivity contribution in [2.24, 2.45) is 13.0 Å². The minimum Gasteiger partial charge on any atom is -0.369 e. The van der Waals surface area contributed by atoms with Crippen molar-refractivity contribution in [1.29, 1.82) is 0 Å². The number of carbonyl (C=O) groups excluding carboxylic acids is 1. The highest BCUT2D eigenvalue weighted by Gasteiger charge is 2.40. The van der Waals surface area contributed by atoms with Crippen LogP contribution in [0.15, 0.2) is 12.4 Å². The van der Waals surface area contributed by atoms with Crippen LogP contribution in [0.5, 0.6) is 0 Å². The quantitative estimate of drug-likeness (QED) is 0.840. The Kier molecular flexibility index (Phi) is 5.08. The minimum absolute atomic E-state index is 0.0812. The summed E-state index contributed by atoms with van der Waals surface area (Å²) in [5, 5.41) is 0. The third-order valence-electron chi connectivity index (χ3n) is 6.24. The molecule has 1 amide bonds. The lowest BCUT2D eigenvalue weighted by atomic mass is 9.93. The monoisotopic (exact) mass is 346 g/mol. The molecule has 1 aromatic heterocycles. The molecule has 3 heterocycles. The van der Waals surface area contributed by atoms with Gasteiger partial charge in [-0.3, -0.25) is 9.69 Å². The third-order valence-corrected chi connectivity index (χ3v) is 6.24. The van der Waals surface area contributed by atoms with Crippen LogP contribution in [0.3, 0.4) is 0 Å². The lowest BCUT2D eigenvalue weighted by Gasteiger charge is -2.41. The molecule has 0 unspecified atom stereocenters. The van der Waals surface area contributed by atoms with E-state index in [9.17, 15) is 4.79 Å². The summed E-state index contributed by atoms with van der Waals surface area (Å²) in [7, 11) is 1.97. The fraction of sp³-hybridized carbons (Fsp3) is 0.789. The molecule has 138 valence electrons. The van der Waals surface area contributed by atoms with E-state index >= 15 is 0 Å². The Labute approximate surface area is 150 Å². The standard InChI is InChI=1S/C19H30N4O2/c1-21-9-8-20-18(21)17-16(7-14-25-17)19(24)23-12-10-22(11-13-23)15-5-3-2-4-6-15/h8-9,15-17H,2-7,10-14H2,1H3/t16-,17-/m1/s1. The van der Waals surface area contributed by atoms with Gasteiger partial charge in [0.15, 0.2) is 0 Å². The van der Waals surface area contributed by atoms with Gasteiger partial charge in [-0.1, -0.05) is 19.3 Å². The van der Waals surface area contributed by atoms with Crippen LogP contribution in [0.25, 0.3) is 0 Å². The molecule has 25 heavy (non-hydrogen) atoms. The van der Waals surface area contributed by atoms with Gasteiger partial charge in [-0.2, -0.15) is 0 Å². The molecule has 0 aromatic carbocycles. The summed E-state index contributed by atoms with van der Waals surface area (Å²) in [6.07, 6.45) is 11.1. The summed E-state index contributed by atoms with van der Waals surface area (Å²) in [6.45, 7) is 4.42. The van der Waals surface area contributed by atoms with Crippen molar-refractivity contribution in [3.05, 3.63) is 18.2 Å². The van der Waals surface area contributed by atoms with Crippen molar-refractivity contribution in [2.75, 3.05) is 32.8 Å². The summed E-state index contributed by atoms with van der Waals surface area (Å²) in [5.41, 5.74) is 0. The Morgan fingerprint density at radius 3 is 2.56 bits per heavy atom. The van der Waals surface area contributed by atoms with E-state index in [0.29, 0.717) is 6.61 Å². The van der Waals surface area contributed by atoms with Crippen molar-refractivity contribution < 1.29 is 9.53 Å². The van der Waals surface area contributed by atoms with Crippen LogP contribution in [-0.4, -0.2) is 64.1 Å². The molecule has 0 bridgehead atoms. The molecule has 1 aromatic rings. The second-order valence-electron chi connectivity index (χ2n) is 7.74. The first-order valence-electron chi connectivity index (χ1n) is 9.85. The minimum atomic E-state index is -0.191. The first-order chi connectivity index (χ1) is 12.2. The molecule has 6 nitrogen and oxygen atoms in total. The zero-order chi connectivity index (χ0) is 17.2. The maximum atomic E-state index is 13.1. The number of amides is 1. The lowest BCUT2D eigenvalue weighted by molar-refractivity contribution is -0.139. The van der Waals surface area contributed by atoms with Crippen molar-refractivity contribution in [2.45, 2.75) is 50.7 Å². The Balaban J connectivity index is 1.36. The van der Waals surface area contributed by atoms with Gasteiger partial charge in [0.25, 0.3) is 0 Å². The Morgan fingerprint density at radius 1 is 1.12 bits per heavy atom. The van der Waals surface area contributed by atoms with Crippen LogP contribution in [0.4, 0.5) is 0 Å². The summed E-state index contributed by atoms with van der Waals surface area (Å²) in [5.74, 6) is 1.05. The number of aryl methyl sites for hydroxylation is 1. The second kappa shape index (κ2) is 7.46. The molecule has 0 spiro atoms. The molecule has 4 rings (SSSR count). The molecule has 6 heteroatoms. The molecule has 2 aliphatic heterocycles. The number of hydrogen-bond donors (Lipinski definition) is 0. The number of piperazine rings is 1. The van der Waals surface area contributed by atoms with E-state index < -0.39 is 0 Å². The molecular weight excluding hydrogens is 316 g/mol. The van der Waals surface area contributed by atoms with Gasteiger partial charge in [0.05, 0.1) is 5.92 Å². The molecule has 2 atom stereocenters. The van der Waals surface area contributed by atoms with Gasteiger partial charge in [0, 0.05) is 58.3 Å². The number of aromatic nitrogens is 2. The van der Waals surface area contributed by atoms with Gasteiger partial charge >= 0.3 is 0 Å². The lowest BCUT2D eigenvalue weighted by Crippen LogP contribution is -2.53. The first-order valence-corrected chi connectivity index (χ1v) is 9.85. The fourth-order valence-electron chi connectivity index (χ4n) is 4.74. The van der Waals surface area contributed by atoms with Gasteiger partial charge in [0.1, 0.15) is 11.9 Å². The normalized spacial score (nSPS) is 29.2. The van der Waals surface area contributed by atoms with E-state index in [1.807, 2.05) is 17.8 Å². The Bertz CT molecular complexity index is 588. The number of ether oxygens (including phenoxy) is 1. The van der Waals surface area contributed by atoms with Crippen molar-refractivity contribution in [3.63, 3.8) is 0 Å². The molecule has 0 radical (unpaired) electrons. The number of rotatable bonds is 3. The van der Waals surface area contributed by atoms with Gasteiger partial charge in [-0.05, 0) is 19.3 Å². The molecule has 3 fully saturated rings. The average molecular weight is 346 g/mol. The topological polar surface area (TPSA) is 50.6 Å². The van der Waals surface area contributed by atoms with Crippen molar-refractivity contribution in [3.8, 4) is 0 Å². The van der Waals surface area contributed by atoms with E-state index in [4.69, 9.17) is 4.74 Å². The van der Waals surface area contributed by atoms with Crippen LogP contribution in [0.2, 0.25) is 0 Å². The van der Waals surface area contributed by atoms with Crippen LogP contribution < -0.4 is 0 Å². The largest absolute Gasteiger partial charge is 0.369 e. The van der Waals surface area contributed by atoms with E-state index in [2.05, 4.69) is 14.8 Å². The summed E-state index contributed by atoms with van der Waals surface area (Å²) < 4.78 is 7.85. The van der Waals surface area contributed by atoms with Crippen LogP contribution in [0.1, 0.15) is 50.5 Å². The number of hydrogen-bond acceptors (Lipinski definition) is 4. The van der Waals surface area contributed by atoms with E-state index in [1.165, 1.54) is 32.1 Å². The molecular formula is C19H30N4O2. The predicted molar refractivity (Wildman–Crippen MR) is 95.0 cm³/mol. The van der Waals surface area contributed by atoms with Gasteiger partial charge < -0.3 is 14.2 Å². The van der Waals surface area contributed by atoms with Gasteiger partial charge in [-0.15, -0.1) is 0 Å². The predicted octanol–water partition coefficient (Wildman–Crippen LogP) is 1.97. The highest BCUT2D eigenvalue weighted by molar-refractivity contribution is 5.80. The molecule has 1 saturated carbocycles. The number of carbonyl (C=O) groups is 1. The van der Waals surface area contributed by atoms with Gasteiger partial charge in [0.2, 0.25) is 5.91 Å². The zero-order valence-corrected chi connectivity index (χ0v) is 15.3. The zero-order valence-electron chi connectivity index (χ0n) is 15.3. The Morgan fingerprint density at radius 2 is 1.88 bits per heavy atom. The fourth-order valence-corrected chi connectivity index (χ4v) is 4.74. The molecule has 2 saturated heterocycles.